The van der Waals surface area contributed by atoms with Crippen molar-refractivity contribution in [3.05, 3.63) is 0 Å². The van der Waals surface area contributed by atoms with E-state index in [0.717, 1.165) is 0 Å². The van der Waals surface area contributed by atoms with Crippen LogP contribution in [-0.2, 0) is 4.79 Å². The van der Waals surface area contributed by atoms with Crippen molar-refractivity contribution in [1.82, 2.24) is 10.6 Å². The number of rotatable bonds is 5. The minimum atomic E-state index is -0.596. The zero-order valence-corrected chi connectivity index (χ0v) is 11.3. The molecule has 96 valence electrons. The van der Waals surface area contributed by atoms with Gasteiger partial charge in [-0.2, -0.15) is 0 Å². The molecule has 0 bridgehead atoms. The zero-order valence-electron chi connectivity index (χ0n) is 11.3. The van der Waals surface area contributed by atoms with E-state index in [-0.39, 0.29) is 11.3 Å². The minimum Gasteiger partial charge on any atom is -0.391 e. The molecule has 0 aliphatic heterocycles. The number of carbonyl (C=O) groups is 1. The first-order valence-electron chi connectivity index (χ1n) is 5.74. The summed E-state index contributed by atoms with van der Waals surface area (Å²) in [6.07, 6.45) is 0.185. The van der Waals surface area contributed by atoms with Gasteiger partial charge in [-0.15, -0.1) is 0 Å². The van der Waals surface area contributed by atoms with Crippen LogP contribution in [0.1, 0.15) is 41.0 Å². The third-order valence-corrected chi connectivity index (χ3v) is 2.54. The molecule has 0 aromatic heterocycles. The fourth-order valence-electron chi connectivity index (χ4n) is 1.32. The van der Waals surface area contributed by atoms with E-state index in [1.54, 1.807) is 20.9 Å². The molecule has 1 unspecified atom stereocenters. The average molecular weight is 230 g/mol. The van der Waals surface area contributed by atoms with Crippen LogP contribution in [0.3, 0.4) is 0 Å². The summed E-state index contributed by atoms with van der Waals surface area (Å²) in [6.45, 7) is 10.1. The van der Waals surface area contributed by atoms with E-state index in [9.17, 15) is 9.90 Å². The minimum absolute atomic E-state index is 0.0721. The van der Waals surface area contributed by atoms with Gasteiger partial charge in [-0.1, -0.05) is 20.8 Å². The molecule has 0 spiro atoms. The highest BCUT2D eigenvalue weighted by atomic mass is 16.3. The third kappa shape index (κ3) is 6.08. The number of hydrogen-bond acceptors (Lipinski definition) is 3. The molecule has 0 aliphatic rings. The van der Waals surface area contributed by atoms with Gasteiger partial charge in [0.1, 0.15) is 0 Å². The Bertz CT molecular complexity index is 232. The Hall–Kier alpha value is -0.610. The molecule has 0 saturated heterocycles. The van der Waals surface area contributed by atoms with Gasteiger partial charge in [0.05, 0.1) is 11.6 Å². The molecular weight excluding hydrogens is 204 g/mol. The Labute approximate surface area is 98.8 Å². The lowest BCUT2D eigenvalue weighted by molar-refractivity contribution is -0.126. The Morgan fingerprint density at radius 1 is 1.25 bits per heavy atom. The maximum absolute atomic E-state index is 11.7. The highest BCUT2D eigenvalue weighted by molar-refractivity contribution is 5.85. The molecule has 0 heterocycles. The molecule has 0 aromatic carbocycles. The molecule has 4 heteroatoms. The van der Waals surface area contributed by atoms with Gasteiger partial charge in [0.2, 0.25) is 5.91 Å². The average Bonchev–Trinajstić information content (AvgIpc) is 2.11. The first-order valence-corrected chi connectivity index (χ1v) is 5.74. The lowest BCUT2D eigenvalue weighted by Crippen LogP contribution is -2.52. The second-order valence-electron chi connectivity index (χ2n) is 6.00. The summed E-state index contributed by atoms with van der Waals surface area (Å²) in [5.74, 6) is -0.0945. The van der Waals surface area contributed by atoms with E-state index >= 15 is 0 Å². The number of carbonyl (C=O) groups excluding carboxylic acids is 1. The Kier molecular flexibility index (Phi) is 5.42. The summed E-state index contributed by atoms with van der Waals surface area (Å²) in [5.41, 5.74) is -0.524. The molecule has 3 N–H and O–H groups in total. The van der Waals surface area contributed by atoms with Crippen molar-refractivity contribution in [2.24, 2.45) is 5.41 Å². The summed E-state index contributed by atoms with van der Waals surface area (Å²) < 4.78 is 0. The summed E-state index contributed by atoms with van der Waals surface area (Å²) in [4.78, 5) is 11.7. The second kappa shape index (κ2) is 5.64. The van der Waals surface area contributed by atoms with Crippen molar-refractivity contribution < 1.29 is 9.90 Å². The van der Waals surface area contributed by atoms with Gasteiger partial charge in [0.25, 0.3) is 0 Å². The number of nitrogens with one attached hydrogen (secondary N) is 2. The number of aliphatic hydroxyl groups excluding tert-OH is 1. The number of hydrogen-bond donors (Lipinski definition) is 3. The van der Waals surface area contributed by atoms with Gasteiger partial charge in [0, 0.05) is 6.54 Å². The largest absolute Gasteiger partial charge is 0.391 e. The van der Waals surface area contributed by atoms with Gasteiger partial charge in [-0.05, 0) is 32.7 Å². The highest BCUT2D eigenvalue weighted by Crippen LogP contribution is 2.20. The molecule has 1 amide bonds. The summed E-state index contributed by atoms with van der Waals surface area (Å²) in [7, 11) is 1.74. The van der Waals surface area contributed by atoms with Crippen molar-refractivity contribution in [2.45, 2.75) is 52.7 Å². The predicted octanol–water partition coefficient (Wildman–Crippen LogP) is 0.898. The first-order chi connectivity index (χ1) is 7.08. The monoisotopic (exact) mass is 230 g/mol. The van der Waals surface area contributed by atoms with Crippen LogP contribution in [0.25, 0.3) is 0 Å². The van der Waals surface area contributed by atoms with Gasteiger partial charge in [-0.25, -0.2) is 0 Å². The van der Waals surface area contributed by atoms with Crippen molar-refractivity contribution in [1.29, 1.82) is 0 Å². The van der Waals surface area contributed by atoms with E-state index in [2.05, 4.69) is 31.4 Å². The van der Waals surface area contributed by atoms with Gasteiger partial charge >= 0.3 is 0 Å². The smallest absolute Gasteiger partial charge is 0.239 e. The van der Waals surface area contributed by atoms with Crippen LogP contribution < -0.4 is 10.6 Å². The maximum Gasteiger partial charge on any atom is 0.239 e. The molecule has 1 atom stereocenters. The first kappa shape index (κ1) is 15.4. The SMILES string of the molecule is CNC(C)(C)C(=O)NCC(O)CC(C)(C)C. The maximum atomic E-state index is 11.7. The van der Waals surface area contributed by atoms with Crippen LogP contribution in [0, 0.1) is 5.41 Å². The summed E-state index contributed by atoms with van der Waals surface area (Å²) >= 11 is 0. The lowest BCUT2D eigenvalue weighted by atomic mass is 9.89. The Balaban J connectivity index is 4.02. The highest BCUT2D eigenvalue weighted by Gasteiger charge is 2.25. The van der Waals surface area contributed by atoms with Crippen molar-refractivity contribution in [3.8, 4) is 0 Å². The molecule has 0 aliphatic carbocycles. The van der Waals surface area contributed by atoms with Crippen LogP contribution in [0.2, 0.25) is 0 Å². The van der Waals surface area contributed by atoms with Crippen molar-refractivity contribution >= 4 is 5.91 Å². The second-order valence-corrected chi connectivity index (χ2v) is 6.00. The van der Waals surface area contributed by atoms with Crippen LogP contribution >= 0.6 is 0 Å². The topological polar surface area (TPSA) is 61.4 Å². The van der Waals surface area contributed by atoms with Gasteiger partial charge in [0.15, 0.2) is 0 Å². The van der Waals surface area contributed by atoms with Crippen LogP contribution in [0.5, 0.6) is 0 Å². The number of amides is 1. The van der Waals surface area contributed by atoms with Gasteiger partial charge < -0.3 is 15.7 Å². The van der Waals surface area contributed by atoms with Crippen molar-refractivity contribution in [3.63, 3.8) is 0 Å². The van der Waals surface area contributed by atoms with Crippen LogP contribution in [-0.4, -0.2) is 36.2 Å². The fourth-order valence-corrected chi connectivity index (χ4v) is 1.32. The number of likely N-dealkylation sites (N-methyl/N-ethyl adjacent to an activating group) is 1. The molecule has 4 nitrogen and oxygen atoms in total. The van der Waals surface area contributed by atoms with E-state index in [1.807, 2.05) is 0 Å². The van der Waals surface area contributed by atoms with E-state index in [0.29, 0.717) is 13.0 Å². The van der Waals surface area contributed by atoms with Crippen LogP contribution in [0.15, 0.2) is 0 Å². The molecule has 0 rings (SSSR count). The van der Waals surface area contributed by atoms with E-state index in [4.69, 9.17) is 0 Å². The molecular formula is C12H26N2O2. The summed E-state index contributed by atoms with van der Waals surface area (Å²) in [5, 5.41) is 15.4. The lowest BCUT2D eigenvalue weighted by Gasteiger charge is -2.26. The Morgan fingerprint density at radius 2 is 1.75 bits per heavy atom. The molecule has 0 radical (unpaired) electrons. The zero-order chi connectivity index (χ0) is 13.0. The third-order valence-electron chi connectivity index (χ3n) is 2.54. The van der Waals surface area contributed by atoms with E-state index < -0.39 is 11.6 Å². The molecule has 0 fully saturated rings. The van der Waals surface area contributed by atoms with Crippen molar-refractivity contribution in [2.75, 3.05) is 13.6 Å². The van der Waals surface area contributed by atoms with E-state index in [1.165, 1.54) is 0 Å². The quantitative estimate of drug-likeness (QED) is 0.657. The normalized spacial score (nSPS) is 14.7. The predicted molar refractivity (Wildman–Crippen MR) is 66.2 cm³/mol. The fraction of sp³-hybridized carbons (Fsp3) is 0.917. The van der Waals surface area contributed by atoms with Crippen LogP contribution in [0.4, 0.5) is 0 Å². The Morgan fingerprint density at radius 3 is 2.12 bits per heavy atom. The van der Waals surface area contributed by atoms with Gasteiger partial charge in [-0.3, -0.25) is 4.79 Å². The molecule has 0 aromatic rings. The molecule has 0 saturated carbocycles. The molecule has 16 heavy (non-hydrogen) atoms. The number of aliphatic hydroxyl groups is 1. The standard InChI is InChI=1S/C12H26N2O2/c1-11(2,3)7-9(15)8-14-10(16)12(4,5)13-6/h9,13,15H,7-8H2,1-6H3,(H,14,16). The summed E-state index contributed by atoms with van der Waals surface area (Å²) in [6, 6.07) is 0.